The Morgan fingerprint density at radius 3 is 2.06 bits per heavy atom. The number of carbonyl (C=O) groups excluding carboxylic acids is 1. The van der Waals surface area contributed by atoms with Gasteiger partial charge in [-0.2, -0.15) is 0 Å². The van der Waals surface area contributed by atoms with Gasteiger partial charge in [0.25, 0.3) is 0 Å². The molecule has 0 fully saturated rings. The van der Waals surface area contributed by atoms with Crippen LogP contribution in [0.5, 0.6) is 0 Å². The number of hydrogen-bond acceptors (Lipinski definition) is 1. The fourth-order valence-electron chi connectivity index (χ4n) is 3.73. The van der Waals surface area contributed by atoms with E-state index in [4.69, 9.17) is 0 Å². The Morgan fingerprint density at radius 2 is 1.45 bits per heavy atom. The summed E-state index contributed by atoms with van der Waals surface area (Å²) in [7, 11) is 0. The lowest BCUT2D eigenvalue weighted by atomic mass is 9.94. The van der Waals surface area contributed by atoms with E-state index in [1.807, 2.05) is 6.08 Å². The average Bonchev–Trinajstić information content (AvgIpc) is 2.81. The third-order valence-electron chi connectivity index (χ3n) is 5.54. The fourth-order valence-corrected chi connectivity index (χ4v) is 3.73. The van der Waals surface area contributed by atoms with Gasteiger partial charge in [-0.15, -0.1) is 6.58 Å². The first kappa shape index (κ1) is 22.3. The van der Waals surface area contributed by atoms with E-state index in [9.17, 15) is 4.79 Å². The first-order valence-corrected chi connectivity index (χ1v) is 10.9. The number of nitrogens with one attached hydrogen (secondary N) is 1. The van der Waals surface area contributed by atoms with E-state index in [0.29, 0.717) is 6.54 Å². The number of benzene rings is 3. The number of carbonyl (C=O) groups is 1. The number of hydrogen-bond donors (Lipinski definition) is 1. The Hall–Kier alpha value is -3.39. The molecule has 0 unspecified atom stereocenters. The molecule has 0 atom stereocenters. The fraction of sp³-hybridized carbons (Fsp3) is 0.207. The molecule has 2 nitrogen and oxygen atoms in total. The highest BCUT2D eigenvalue weighted by Gasteiger charge is 2.06. The maximum absolute atomic E-state index is 11.2. The monoisotopic (exact) mass is 409 g/mol. The van der Waals surface area contributed by atoms with Crippen molar-refractivity contribution in [3.05, 3.63) is 109 Å². The lowest BCUT2D eigenvalue weighted by molar-refractivity contribution is -0.116. The van der Waals surface area contributed by atoms with Gasteiger partial charge < -0.3 is 5.32 Å². The van der Waals surface area contributed by atoms with Crippen LogP contribution in [0.1, 0.15) is 29.5 Å². The first-order valence-electron chi connectivity index (χ1n) is 10.9. The smallest absolute Gasteiger partial charge is 0.243 e. The third kappa shape index (κ3) is 6.29. The molecule has 3 aromatic rings. The number of aryl methyl sites for hydroxylation is 3. The van der Waals surface area contributed by atoms with Crippen molar-refractivity contribution in [2.45, 2.75) is 32.6 Å². The average molecular weight is 410 g/mol. The van der Waals surface area contributed by atoms with Crippen molar-refractivity contribution in [1.82, 2.24) is 5.32 Å². The first-order chi connectivity index (χ1) is 15.1. The molecule has 0 heterocycles. The van der Waals surface area contributed by atoms with Crippen LogP contribution in [0.2, 0.25) is 0 Å². The van der Waals surface area contributed by atoms with Crippen molar-refractivity contribution < 1.29 is 4.79 Å². The van der Waals surface area contributed by atoms with E-state index < -0.39 is 0 Å². The molecule has 1 amide bonds. The minimum Gasteiger partial charge on any atom is -0.353 e. The Labute approximate surface area is 186 Å². The molecule has 3 rings (SSSR count). The Bertz CT molecular complexity index is 1030. The Kier molecular flexibility index (Phi) is 8.00. The quantitative estimate of drug-likeness (QED) is 0.226. The topological polar surface area (TPSA) is 29.1 Å². The van der Waals surface area contributed by atoms with Crippen LogP contribution in [0.3, 0.4) is 0 Å². The highest BCUT2D eigenvalue weighted by atomic mass is 16.1. The van der Waals surface area contributed by atoms with Crippen molar-refractivity contribution in [1.29, 1.82) is 0 Å². The van der Waals surface area contributed by atoms with Crippen LogP contribution in [0.15, 0.2) is 92.0 Å². The summed E-state index contributed by atoms with van der Waals surface area (Å²) in [6.07, 6.45) is 7.19. The second kappa shape index (κ2) is 11.1. The molecular weight excluding hydrogens is 378 g/mol. The SMILES string of the molecule is C=CCCc1ccc(-c2ccc(-c3ccc(CCCNC(=O)C=C)cc3)c(C)c2)cc1. The minimum atomic E-state index is -0.113. The molecule has 0 bridgehead atoms. The molecule has 3 aromatic carbocycles. The summed E-state index contributed by atoms with van der Waals surface area (Å²) in [6, 6.07) is 24.3. The maximum atomic E-state index is 11.2. The molecule has 158 valence electrons. The summed E-state index contributed by atoms with van der Waals surface area (Å²) in [5, 5.41) is 2.82. The highest BCUT2D eigenvalue weighted by molar-refractivity contribution is 5.86. The van der Waals surface area contributed by atoms with Crippen LogP contribution in [0, 0.1) is 6.92 Å². The Balaban J connectivity index is 1.65. The van der Waals surface area contributed by atoms with E-state index in [2.05, 4.69) is 92.1 Å². The van der Waals surface area contributed by atoms with Crippen LogP contribution in [-0.4, -0.2) is 12.5 Å². The van der Waals surface area contributed by atoms with E-state index in [1.54, 1.807) is 0 Å². The van der Waals surface area contributed by atoms with Crippen molar-refractivity contribution in [2.24, 2.45) is 0 Å². The molecule has 0 spiro atoms. The maximum Gasteiger partial charge on any atom is 0.243 e. The van der Waals surface area contributed by atoms with Crippen LogP contribution < -0.4 is 5.32 Å². The highest BCUT2D eigenvalue weighted by Crippen LogP contribution is 2.29. The van der Waals surface area contributed by atoms with Gasteiger partial charge in [-0.3, -0.25) is 4.79 Å². The summed E-state index contributed by atoms with van der Waals surface area (Å²) >= 11 is 0. The summed E-state index contributed by atoms with van der Waals surface area (Å²) in [4.78, 5) is 11.2. The molecule has 0 aliphatic rings. The molecular formula is C29H31NO. The number of allylic oxidation sites excluding steroid dienone is 1. The van der Waals surface area contributed by atoms with Gasteiger partial charge in [-0.1, -0.05) is 79.4 Å². The molecule has 0 saturated heterocycles. The number of rotatable bonds is 10. The van der Waals surface area contributed by atoms with E-state index in [0.717, 1.165) is 25.7 Å². The van der Waals surface area contributed by atoms with Crippen LogP contribution >= 0.6 is 0 Å². The standard InChI is InChI=1S/C29H31NO/c1-4-6-8-23-10-14-25(15-11-23)27-18-19-28(22(3)21-27)26-16-12-24(13-17-26)9-7-20-30-29(31)5-2/h4-5,10-19,21H,1-2,6-9,20H2,3H3,(H,30,31). The molecule has 0 radical (unpaired) electrons. The predicted octanol–water partition coefficient (Wildman–Crippen LogP) is 6.68. The zero-order valence-corrected chi connectivity index (χ0v) is 18.4. The van der Waals surface area contributed by atoms with E-state index in [1.165, 1.54) is 45.0 Å². The lowest BCUT2D eigenvalue weighted by Crippen LogP contribution is -2.22. The van der Waals surface area contributed by atoms with Crippen LogP contribution in [0.4, 0.5) is 0 Å². The Morgan fingerprint density at radius 1 is 0.839 bits per heavy atom. The molecule has 31 heavy (non-hydrogen) atoms. The van der Waals surface area contributed by atoms with Crippen LogP contribution in [-0.2, 0) is 17.6 Å². The van der Waals surface area contributed by atoms with Crippen LogP contribution in [0.25, 0.3) is 22.3 Å². The van der Waals surface area contributed by atoms with Gasteiger partial charge in [-0.25, -0.2) is 0 Å². The molecule has 0 aliphatic carbocycles. The lowest BCUT2D eigenvalue weighted by Gasteiger charge is -2.11. The molecule has 0 aliphatic heterocycles. The van der Waals surface area contributed by atoms with Gasteiger partial charge >= 0.3 is 0 Å². The van der Waals surface area contributed by atoms with Gasteiger partial charge in [-0.05, 0) is 77.6 Å². The minimum absolute atomic E-state index is 0.113. The van der Waals surface area contributed by atoms with Gasteiger partial charge in [0.15, 0.2) is 0 Å². The largest absolute Gasteiger partial charge is 0.353 e. The van der Waals surface area contributed by atoms with Crippen molar-refractivity contribution in [3.8, 4) is 22.3 Å². The number of amides is 1. The normalized spacial score (nSPS) is 10.5. The molecule has 0 saturated carbocycles. The second-order valence-corrected chi connectivity index (χ2v) is 7.85. The summed E-state index contributed by atoms with van der Waals surface area (Å²) in [5.74, 6) is -0.113. The summed E-state index contributed by atoms with van der Waals surface area (Å²) in [6.45, 7) is 10.1. The van der Waals surface area contributed by atoms with Crippen molar-refractivity contribution in [2.75, 3.05) is 6.54 Å². The van der Waals surface area contributed by atoms with Crippen molar-refractivity contribution in [3.63, 3.8) is 0 Å². The van der Waals surface area contributed by atoms with Gasteiger partial charge in [0.05, 0.1) is 0 Å². The third-order valence-corrected chi connectivity index (χ3v) is 5.54. The van der Waals surface area contributed by atoms with E-state index >= 15 is 0 Å². The molecule has 2 heteroatoms. The van der Waals surface area contributed by atoms with Crippen molar-refractivity contribution >= 4 is 5.91 Å². The zero-order valence-electron chi connectivity index (χ0n) is 18.4. The summed E-state index contributed by atoms with van der Waals surface area (Å²) < 4.78 is 0. The zero-order chi connectivity index (χ0) is 22.1. The second-order valence-electron chi connectivity index (χ2n) is 7.85. The molecule has 0 aromatic heterocycles. The summed E-state index contributed by atoms with van der Waals surface area (Å²) in [5.41, 5.74) is 8.88. The predicted molar refractivity (Wildman–Crippen MR) is 132 cm³/mol. The van der Waals surface area contributed by atoms with E-state index in [-0.39, 0.29) is 5.91 Å². The van der Waals surface area contributed by atoms with Gasteiger partial charge in [0.1, 0.15) is 0 Å². The molecule has 1 N–H and O–H groups in total. The van der Waals surface area contributed by atoms with Gasteiger partial charge in [0, 0.05) is 6.54 Å². The van der Waals surface area contributed by atoms with Gasteiger partial charge in [0.2, 0.25) is 5.91 Å².